The first-order valence-corrected chi connectivity index (χ1v) is 5.49. The van der Waals surface area contributed by atoms with Crippen LogP contribution in [0.4, 0.5) is 0 Å². The summed E-state index contributed by atoms with van der Waals surface area (Å²) in [7, 11) is 0. The van der Waals surface area contributed by atoms with E-state index in [0.717, 1.165) is 11.5 Å². The fourth-order valence-electron chi connectivity index (χ4n) is 2.11. The van der Waals surface area contributed by atoms with E-state index in [4.69, 9.17) is 10.3 Å². The maximum atomic E-state index is 5.72. The van der Waals surface area contributed by atoms with Crippen LogP contribution in [0.15, 0.2) is 10.6 Å². The fourth-order valence-corrected chi connectivity index (χ4v) is 2.11. The molecule has 0 spiro atoms. The Labute approximate surface area is 84.7 Å². The van der Waals surface area contributed by atoms with Gasteiger partial charge in [-0.05, 0) is 19.8 Å². The summed E-state index contributed by atoms with van der Waals surface area (Å²) >= 11 is 0. The number of nitrogens with zero attached hydrogens (tertiary/aromatic N) is 1. The zero-order valence-corrected chi connectivity index (χ0v) is 8.70. The summed E-state index contributed by atoms with van der Waals surface area (Å²) in [5.74, 6) is 1.42. The molecule has 0 aromatic carbocycles. The van der Waals surface area contributed by atoms with E-state index in [-0.39, 0.29) is 6.04 Å². The molecule has 1 atom stereocenters. The van der Waals surface area contributed by atoms with Gasteiger partial charge in [0.05, 0.1) is 11.7 Å². The van der Waals surface area contributed by atoms with Gasteiger partial charge in [0.15, 0.2) is 5.76 Å². The first-order chi connectivity index (χ1) is 6.77. The Morgan fingerprint density at radius 1 is 1.43 bits per heavy atom. The summed E-state index contributed by atoms with van der Waals surface area (Å²) in [5.41, 5.74) is 6.83. The van der Waals surface area contributed by atoms with Crippen LogP contribution in [0.25, 0.3) is 0 Å². The number of hydrogen-bond donors (Lipinski definition) is 1. The third-order valence-electron chi connectivity index (χ3n) is 3.02. The van der Waals surface area contributed by atoms with Crippen LogP contribution in [0.2, 0.25) is 0 Å². The van der Waals surface area contributed by atoms with Gasteiger partial charge in [-0.3, -0.25) is 0 Å². The van der Waals surface area contributed by atoms with Gasteiger partial charge in [0.25, 0.3) is 0 Å². The van der Waals surface area contributed by atoms with Crippen molar-refractivity contribution in [3.8, 4) is 0 Å². The Balaban J connectivity index is 2.07. The standard InChI is InChI=1S/C11H18N2O/c1-8(12)11-7-10(13-14-11)9-5-3-2-4-6-9/h7-9H,2-6,12H2,1H3. The molecule has 1 aromatic heterocycles. The highest BCUT2D eigenvalue weighted by Gasteiger charge is 2.19. The van der Waals surface area contributed by atoms with Gasteiger partial charge in [-0.1, -0.05) is 24.4 Å². The molecule has 1 fully saturated rings. The molecule has 1 aromatic rings. The molecule has 0 aliphatic heterocycles. The third kappa shape index (κ3) is 1.98. The molecule has 78 valence electrons. The molecule has 3 heteroatoms. The maximum Gasteiger partial charge on any atom is 0.153 e. The predicted molar refractivity (Wildman–Crippen MR) is 54.9 cm³/mol. The van der Waals surface area contributed by atoms with Crippen LogP contribution < -0.4 is 5.73 Å². The molecule has 0 radical (unpaired) electrons. The van der Waals surface area contributed by atoms with Crippen LogP contribution in [0.3, 0.4) is 0 Å². The molecule has 0 amide bonds. The lowest BCUT2D eigenvalue weighted by atomic mass is 9.87. The third-order valence-corrected chi connectivity index (χ3v) is 3.02. The smallest absolute Gasteiger partial charge is 0.153 e. The van der Waals surface area contributed by atoms with E-state index in [0.29, 0.717) is 5.92 Å². The minimum Gasteiger partial charge on any atom is -0.359 e. The molecule has 14 heavy (non-hydrogen) atoms. The number of rotatable bonds is 2. The van der Waals surface area contributed by atoms with Crippen molar-refractivity contribution in [2.75, 3.05) is 0 Å². The second kappa shape index (κ2) is 4.13. The van der Waals surface area contributed by atoms with E-state index in [2.05, 4.69) is 5.16 Å². The molecule has 1 heterocycles. The van der Waals surface area contributed by atoms with Crippen LogP contribution in [-0.4, -0.2) is 5.16 Å². The van der Waals surface area contributed by atoms with Gasteiger partial charge in [0, 0.05) is 12.0 Å². The van der Waals surface area contributed by atoms with E-state index in [1.54, 1.807) is 0 Å². The van der Waals surface area contributed by atoms with E-state index in [1.165, 1.54) is 32.1 Å². The summed E-state index contributed by atoms with van der Waals surface area (Å²) in [5, 5.41) is 4.11. The van der Waals surface area contributed by atoms with Crippen molar-refractivity contribution >= 4 is 0 Å². The van der Waals surface area contributed by atoms with Gasteiger partial charge >= 0.3 is 0 Å². The zero-order valence-electron chi connectivity index (χ0n) is 8.70. The van der Waals surface area contributed by atoms with Gasteiger partial charge in [-0.2, -0.15) is 0 Å². The Hall–Kier alpha value is -0.830. The van der Waals surface area contributed by atoms with Crippen LogP contribution in [0, 0.1) is 0 Å². The second-order valence-electron chi connectivity index (χ2n) is 4.28. The molecule has 0 saturated heterocycles. The van der Waals surface area contributed by atoms with Gasteiger partial charge in [0.1, 0.15) is 0 Å². The predicted octanol–water partition coefficient (Wildman–Crippen LogP) is 2.74. The van der Waals surface area contributed by atoms with Crippen LogP contribution in [0.1, 0.15) is 62.4 Å². The second-order valence-corrected chi connectivity index (χ2v) is 4.28. The van der Waals surface area contributed by atoms with Gasteiger partial charge < -0.3 is 10.3 Å². The van der Waals surface area contributed by atoms with Gasteiger partial charge in [-0.25, -0.2) is 0 Å². The molecule has 1 aliphatic rings. The van der Waals surface area contributed by atoms with E-state index in [1.807, 2.05) is 13.0 Å². The zero-order chi connectivity index (χ0) is 9.97. The van der Waals surface area contributed by atoms with Crippen LogP contribution in [-0.2, 0) is 0 Å². The van der Waals surface area contributed by atoms with Crippen molar-refractivity contribution in [1.29, 1.82) is 0 Å². The van der Waals surface area contributed by atoms with E-state index >= 15 is 0 Å². The SMILES string of the molecule is CC(N)c1cc(C2CCCCC2)no1. The lowest BCUT2D eigenvalue weighted by molar-refractivity contribution is 0.348. The van der Waals surface area contributed by atoms with Crippen molar-refractivity contribution < 1.29 is 4.52 Å². The summed E-state index contributed by atoms with van der Waals surface area (Å²) in [4.78, 5) is 0. The number of hydrogen-bond acceptors (Lipinski definition) is 3. The highest BCUT2D eigenvalue weighted by atomic mass is 16.5. The lowest BCUT2D eigenvalue weighted by Crippen LogP contribution is -2.05. The first kappa shape index (κ1) is 9.71. The summed E-state index contributed by atoms with van der Waals surface area (Å²) in [6.45, 7) is 1.92. The van der Waals surface area contributed by atoms with Gasteiger partial charge in [0.2, 0.25) is 0 Å². The summed E-state index contributed by atoms with van der Waals surface area (Å²) in [6.07, 6.45) is 6.53. The van der Waals surface area contributed by atoms with Crippen molar-refractivity contribution in [3.05, 3.63) is 17.5 Å². The minimum atomic E-state index is -0.0418. The Morgan fingerprint density at radius 3 is 2.71 bits per heavy atom. The number of aromatic nitrogens is 1. The van der Waals surface area contributed by atoms with E-state index < -0.39 is 0 Å². The normalized spacial score (nSPS) is 21.0. The average Bonchev–Trinajstić information content (AvgIpc) is 2.68. The summed E-state index contributed by atoms with van der Waals surface area (Å²) in [6, 6.07) is 1.99. The monoisotopic (exact) mass is 194 g/mol. The highest BCUT2D eigenvalue weighted by Crippen LogP contribution is 2.32. The van der Waals surface area contributed by atoms with Crippen molar-refractivity contribution in [2.24, 2.45) is 5.73 Å². The highest BCUT2D eigenvalue weighted by molar-refractivity contribution is 5.13. The molecule has 3 nitrogen and oxygen atoms in total. The van der Waals surface area contributed by atoms with Gasteiger partial charge in [-0.15, -0.1) is 0 Å². The lowest BCUT2D eigenvalue weighted by Gasteiger charge is -2.18. The summed E-state index contributed by atoms with van der Waals surface area (Å²) < 4.78 is 5.20. The molecule has 1 aliphatic carbocycles. The maximum absolute atomic E-state index is 5.72. The Kier molecular flexibility index (Phi) is 2.87. The van der Waals surface area contributed by atoms with Crippen molar-refractivity contribution in [2.45, 2.75) is 51.0 Å². The van der Waals surface area contributed by atoms with Crippen molar-refractivity contribution in [3.63, 3.8) is 0 Å². The topological polar surface area (TPSA) is 52.0 Å². The molecule has 1 saturated carbocycles. The minimum absolute atomic E-state index is 0.0418. The molecule has 2 rings (SSSR count). The molecule has 1 unspecified atom stereocenters. The average molecular weight is 194 g/mol. The Morgan fingerprint density at radius 2 is 2.14 bits per heavy atom. The molecule has 2 N–H and O–H groups in total. The first-order valence-electron chi connectivity index (χ1n) is 5.49. The largest absolute Gasteiger partial charge is 0.359 e. The molecule has 0 bridgehead atoms. The van der Waals surface area contributed by atoms with Crippen LogP contribution in [0.5, 0.6) is 0 Å². The quantitative estimate of drug-likeness (QED) is 0.787. The van der Waals surface area contributed by atoms with Crippen molar-refractivity contribution in [1.82, 2.24) is 5.16 Å². The van der Waals surface area contributed by atoms with E-state index in [9.17, 15) is 0 Å². The molecular weight excluding hydrogens is 176 g/mol. The Bertz CT molecular complexity index is 287. The molecular formula is C11H18N2O. The van der Waals surface area contributed by atoms with Crippen LogP contribution >= 0.6 is 0 Å². The fraction of sp³-hybridized carbons (Fsp3) is 0.727. The number of nitrogens with two attached hydrogens (primary N) is 1.